The van der Waals surface area contributed by atoms with Gasteiger partial charge >= 0.3 is 0 Å². The summed E-state index contributed by atoms with van der Waals surface area (Å²) in [6.45, 7) is 5.36. The van der Waals surface area contributed by atoms with E-state index in [4.69, 9.17) is 4.55 Å². The van der Waals surface area contributed by atoms with Gasteiger partial charge in [0.05, 0.1) is 0 Å². The Morgan fingerprint density at radius 3 is 2.33 bits per heavy atom. The SMILES string of the molecule is CC(C)C1CCC(C)(S(=O)(=O)O)C(=O)C1. The van der Waals surface area contributed by atoms with Gasteiger partial charge in [-0.25, -0.2) is 0 Å². The summed E-state index contributed by atoms with van der Waals surface area (Å²) in [5, 5.41) is 0. The second-order valence-electron chi connectivity index (χ2n) is 4.88. The highest BCUT2D eigenvalue weighted by molar-refractivity contribution is 7.88. The Kier molecular flexibility index (Phi) is 3.26. The first-order valence-electron chi connectivity index (χ1n) is 5.19. The van der Waals surface area contributed by atoms with Crippen LogP contribution >= 0.6 is 0 Å². The molecule has 15 heavy (non-hydrogen) atoms. The van der Waals surface area contributed by atoms with Crippen LogP contribution in [0.2, 0.25) is 0 Å². The topological polar surface area (TPSA) is 71.4 Å². The Morgan fingerprint density at radius 1 is 1.47 bits per heavy atom. The third-order valence-electron chi connectivity index (χ3n) is 3.54. The molecule has 1 rings (SSSR count). The molecule has 0 heterocycles. The van der Waals surface area contributed by atoms with Gasteiger partial charge in [0.25, 0.3) is 10.1 Å². The summed E-state index contributed by atoms with van der Waals surface area (Å²) >= 11 is 0. The Balaban J connectivity index is 2.90. The van der Waals surface area contributed by atoms with Gasteiger partial charge in [0.15, 0.2) is 10.5 Å². The van der Waals surface area contributed by atoms with Gasteiger partial charge in [-0.15, -0.1) is 0 Å². The van der Waals surface area contributed by atoms with Crippen LogP contribution in [0.5, 0.6) is 0 Å². The number of carbonyl (C=O) groups is 1. The maximum Gasteiger partial charge on any atom is 0.277 e. The Labute approximate surface area is 90.8 Å². The summed E-state index contributed by atoms with van der Waals surface area (Å²) in [5.74, 6) is 0.266. The van der Waals surface area contributed by atoms with Crippen LogP contribution in [-0.2, 0) is 14.9 Å². The summed E-state index contributed by atoms with van der Waals surface area (Å²) in [4.78, 5) is 11.7. The largest absolute Gasteiger partial charge is 0.298 e. The highest BCUT2D eigenvalue weighted by atomic mass is 32.2. The van der Waals surface area contributed by atoms with Gasteiger partial charge in [0, 0.05) is 6.42 Å². The summed E-state index contributed by atoms with van der Waals surface area (Å²) in [6.07, 6.45) is 1.17. The molecule has 88 valence electrons. The first-order chi connectivity index (χ1) is 6.68. The van der Waals surface area contributed by atoms with Crippen molar-refractivity contribution in [2.24, 2.45) is 11.8 Å². The lowest BCUT2D eigenvalue weighted by molar-refractivity contribution is -0.124. The zero-order valence-corrected chi connectivity index (χ0v) is 10.2. The normalized spacial score (nSPS) is 33.4. The van der Waals surface area contributed by atoms with E-state index in [2.05, 4.69) is 0 Å². The fraction of sp³-hybridized carbons (Fsp3) is 0.900. The second-order valence-corrected chi connectivity index (χ2v) is 6.73. The van der Waals surface area contributed by atoms with Crippen LogP contribution in [0.15, 0.2) is 0 Å². The third-order valence-corrected chi connectivity index (χ3v) is 5.11. The number of Topliss-reactive ketones (excluding diaryl/α,β-unsaturated/α-hetero) is 1. The Morgan fingerprint density at radius 2 is 2.00 bits per heavy atom. The maximum atomic E-state index is 11.7. The van der Waals surface area contributed by atoms with Crippen LogP contribution in [0.25, 0.3) is 0 Å². The van der Waals surface area contributed by atoms with E-state index in [1.165, 1.54) is 6.92 Å². The quantitative estimate of drug-likeness (QED) is 0.737. The summed E-state index contributed by atoms with van der Waals surface area (Å²) in [5.41, 5.74) is 0. The molecule has 0 aromatic heterocycles. The molecule has 1 fully saturated rings. The van der Waals surface area contributed by atoms with Gasteiger partial charge in [-0.2, -0.15) is 8.42 Å². The molecule has 1 saturated carbocycles. The number of hydrogen-bond donors (Lipinski definition) is 1. The molecule has 1 aliphatic rings. The van der Waals surface area contributed by atoms with E-state index in [0.29, 0.717) is 12.3 Å². The van der Waals surface area contributed by atoms with Crippen LogP contribution < -0.4 is 0 Å². The molecule has 2 unspecified atom stereocenters. The molecule has 5 heteroatoms. The monoisotopic (exact) mass is 234 g/mol. The molecule has 0 bridgehead atoms. The van der Waals surface area contributed by atoms with Crippen LogP contribution in [-0.4, -0.2) is 23.5 Å². The second kappa shape index (κ2) is 3.87. The lowest BCUT2D eigenvalue weighted by Gasteiger charge is -2.34. The van der Waals surface area contributed by atoms with Crippen LogP contribution in [0.1, 0.15) is 40.0 Å². The molecule has 0 spiro atoms. The molecule has 0 aromatic carbocycles. The van der Waals surface area contributed by atoms with Crippen LogP contribution in [0.4, 0.5) is 0 Å². The molecule has 0 aliphatic heterocycles. The molecule has 1 aliphatic carbocycles. The van der Waals surface area contributed by atoms with Crippen LogP contribution in [0, 0.1) is 11.8 Å². The van der Waals surface area contributed by atoms with Crippen molar-refractivity contribution in [1.82, 2.24) is 0 Å². The van der Waals surface area contributed by atoms with Gasteiger partial charge in [-0.1, -0.05) is 13.8 Å². The average molecular weight is 234 g/mol. The number of hydrogen-bond acceptors (Lipinski definition) is 3. The molecule has 0 amide bonds. The maximum absolute atomic E-state index is 11.7. The van der Waals surface area contributed by atoms with Crippen molar-refractivity contribution >= 4 is 15.9 Å². The van der Waals surface area contributed by atoms with Crippen molar-refractivity contribution < 1.29 is 17.8 Å². The summed E-state index contributed by atoms with van der Waals surface area (Å²) in [7, 11) is -4.27. The molecule has 0 aromatic rings. The zero-order chi connectivity index (χ0) is 11.9. The molecular weight excluding hydrogens is 216 g/mol. The van der Waals surface area contributed by atoms with Gasteiger partial charge < -0.3 is 0 Å². The standard InChI is InChI=1S/C10H18O4S/c1-7(2)8-4-5-10(3,9(11)6-8)15(12,13)14/h7-8H,4-6H2,1-3H3,(H,12,13,14). The highest BCUT2D eigenvalue weighted by Crippen LogP contribution is 2.37. The lowest BCUT2D eigenvalue weighted by Crippen LogP contribution is -2.47. The third kappa shape index (κ3) is 2.23. The molecule has 2 atom stereocenters. The number of rotatable bonds is 2. The van der Waals surface area contributed by atoms with Crippen LogP contribution in [0.3, 0.4) is 0 Å². The first kappa shape index (κ1) is 12.6. The van der Waals surface area contributed by atoms with E-state index in [-0.39, 0.29) is 24.5 Å². The summed E-state index contributed by atoms with van der Waals surface area (Å²) in [6, 6.07) is 0. The van der Waals surface area contributed by atoms with Crippen molar-refractivity contribution in [1.29, 1.82) is 0 Å². The Hall–Kier alpha value is -0.420. The van der Waals surface area contributed by atoms with E-state index in [1.807, 2.05) is 13.8 Å². The van der Waals surface area contributed by atoms with E-state index < -0.39 is 14.9 Å². The van der Waals surface area contributed by atoms with E-state index in [0.717, 1.165) is 0 Å². The number of ketones is 1. The molecule has 0 radical (unpaired) electrons. The minimum Gasteiger partial charge on any atom is -0.298 e. The van der Waals surface area contributed by atoms with E-state index >= 15 is 0 Å². The Bertz CT molecular complexity index is 358. The first-order valence-corrected chi connectivity index (χ1v) is 6.63. The van der Waals surface area contributed by atoms with Crippen molar-refractivity contribution in [3.05, 3.63) is 0 Å². The predicted molar refractivity (Wildman–Crippen MR) is 57.1 cm³/mol. The molecule has 4 nitrogen and oxygen atoms in total. The van der Waals surface area contributed by atoms with Gasteiger partial charge in [-0.05, 0) is 31.6 Å². The average Bonchev–Trinajstić information content (AvgIpc) is 2.07. The van der Waals surface area contributed by atoms with Crippen molar-refractivity contribution in [3.8, 4) is 0 Å². The fourth-order valence-electron chi connectivity index (χ4n) is 2.00. The highest BCUT2D eigenvalue weighted by Gasteiger charge is 2.48. The van der Waals surface area contributed by atoms with Crippen molar-refractivity contribution in [3.63, 3.8) is 0 Å². The minimum atomic E-state index is -4.27. The minimum absolute atomic E-state index is 0.230. The van der Waals surface area contributed by atoms with Gasteiger partial charge in [0.1, 0.15) is 0 Å². The van der Waals surface area contributed by atoms with Gasteiger partial charge in [0.2, 0.25) is 0 Å². The molecule has 1 N–H and O–H groups in total. The lowest BCUT2D eigenvalue weighted by atomic mass is 9.76. The fourth-order valence-corrected chi connectivity index (χ4v) is 2.75. The van der Waals surface area contributed by atoms with Crippen molar-refractivity contribution in [2.45, 2.75) is 44.8 Å². The van der Waals surface area contributed by atoms with Gasteiger partial charge in [-0.3, -0.25) is 9.35 Å². The van der Waals surface area contributed by atoms with E-state index in [1.54, 1.807) is 0 Å². The molecule has 0 saturated heterocycles. The van der Waals surface area contributed by atoms with E-state index in [9.17, 15) is 13.2 Å². The van der Waals surface area contributed by atoms with Crippen molar-refractivity contribution in [2.75, 3.05) is 0 Å². The zero-order valence-electron chi connectivity index (χ0n) is 9.36. The predicted octanol–water partition coefficient (Wildman–Crippen LogP) is 1.66. The molecular formula is C10H18O4S. The number of carbonyl (C=O) groups excluding carboxylic acids is 1. The summed E-state index contributed by atoms with van der Waals surface area (Å²) < 4.78 is 29.7. The smallest absolute Gasteiger partial charge is 0.277 e.